The van der Waals surface area contributed by atoms with E-state index >= 15 is 0 Å². The summed E-state index contributed by atoms with van der Waals surface area (Å²) in [5, 5.41) is 5.28. The third kappa shape index (κ3) is 4.77. The highest BCUT2D eigenvalue weighted by atomic mass is 16.5. The summed E-state index contributed by atoms with van der Waals surface area (Å²) >= 11 is 0. The number of urea groups is 1. The number of hydrogen-bond donors (Lipinski definition) is 1. The molecule has 0 atom stereocenters. The molecule has 6 heteroatoms. The average molecular weight is 481 g/mol. The predicted octanol–water partition coefficient (Wildman–Crippen LogP) is 6.00. The molecule has 1 aromatic heterocycles. The number of likely N-dealkylation sites (N-methyl/N-ethyl adjacent to an activating group) is 1. The van der Waals surface area contributed by atoms with Gasteiger partial charge in [-0.15, -0.1) is 0 Å². The van der Waals surface area contributed by atoms with Gasteiger partial charge in [0.05, 0.1) is 11.4 Å². The molecule has 1 aliphatic heterocycles. The Kier molecular flexibility index (Phi) is 6.87. The first-order valence-corrected chi connectivity index (χ1v) is 12.5. The fourth-order valence-corrected chi connectivity index (χ4v) is 4.80. The van der Waals surface area contributed by atoms with Gasteiger partial charge in [-0.3, -0.25) is 9.88 Å². The standard InChI is InChI=1S/C30H32N4O2/c1-4-21-19-23-13-16-34(28(23)20-29(21)36-18-17-33(2)3)30(35)32-27-10-9-24(22-11-14-31-15-12-22)25-7-5-6-8-26(25)27/h5-12,14-15,19-20H,4,13,16-18H2,1-3H3,(H,32,35). The minimum atomic E-state index is -0.126. The highest BCUT2D eigenvalue weighted by Gasteiger charge is 2.27. The largest absolute Gasteiger partial charge is 0.492 e. The number of carbonyl (C=O) groups is 1. The topological polar surface area (TPSA) is 57.7 Å². The van der Waals surface area contributed by atoms with Crippen LogP contribution in [-0.4, -0.2) is 49.7 Å². The average Bonchev–Trinajstić information content (AvgIpc) is 3.31. The Labute approximate surface area is 212 Å². The van der Waals surface area contributed by atoms with Gasteiger partial charge in [-0.05, 0) is 78.8 Å². The molecule has 0 bridgehead atoms. The minimum Gasteiger partial charge on any atom is -0.492 e. The van der Waals surface area contributed by atoms with Gasteiger partial charge in [0.2, 0.25) is 0 Å². The first kappa shape index (κ1) is 23.8. The number of carbonyl (C=O) groups excluding carboxylic acids is 1. The summed E-state index contributed by atoms with van der Waals surface area (Å²) in [4.78, 5) is 21.6. The van der Waals surface area contributed by atoms with Gasteiger partial charge in [-0.25, -0.2) is 4.79 Å². The molecule has 3 aromatic carbocycles. The van der Waals surface area contributed by atoms with Gasteiger partial charge in [0.25, 0.3) is 0 Å². The van der Waals surface area contributed by atoms with E-state index in [1.54, 1.807) is 12.4 Å². The number of ether oxygens (including phenoxy) is 1. The number of fused-ring (bicyclic) bond motifs is 2. The Balaban J connectivity index is 1.42. The Morgan fingerprint density at radius 3 is 2.58 bits per heavy atom. The summed E-state index contributed by atoms with van der Waals surface area (Å²) in [5.74, 6) is 0.866. The van der Waals surface area contributed by atoms with Crippen LogP contribution in [-0.2, 0) is 12.8 Å². The van der Waals surface area contributed by atoms with Crippen molar-refractivity contribution in [1.82, 2.24) is 9.88 Å². The Morgan fingerprint density at radius 1 is 1.06 bits per heavy atom. The molecule has 6 nitrogen and oxygen atoms in total. The highest BCUT2D eigenvalue weighted by molar-refractivity contribution is 6.11. The number of nitrogens with zero attached hydrogens (tertiary/aromatic N) is 3. The smallest absolute Gasteiger partial charge is 0.326 e. The van der Waals surface area contributed by atoms with Crippen molar-refractivity contribution >= 4 is 28.2 Å². The second-order valence-corrected chi connectivity index (χ2v) is 9.37. The lowest BCUT2D eigenvalue weighted by atomic mass is 9.98. The molecule has 0 saturated heterocycles. The number of rotatable bonds is 7. The first-order valence-electron chi connectivity index (χ1n) is 12.5. The summed E-state index contributed by atoms with van der Waals surface area (Å²) in [5.41, 5.74) is 6.33. The number of hydrogen-bond acceptors (Lipinski definition) is 4. The van der Waals surface area contributed by atoms with E-state index < -0.39 is 0 Å². The van der Waals surface area contributed by atoms with Crippen molar-refractivity contribution in [3.05, 3.63) is 84.2 Å². The van der Waals surface area contributed by atoms with Gasteiger partial charge >= 0.3 is 6.03 Å². The maximum atomic E-state index is 13.5. The summed E-state index contributed by atoms with van der Waals surface area (Å²) in [6, 6.07) is 20.4. The zero-order valence-corrected chi connectivity index (χ0v) is 21.1. The second kappa shape index (κ2) is 10.4. The van der Waals surface area contributed by atoms with Gasteiger partial charge in [0, 0.05) is 36.9 Å². The van der Waals surface area contributed by atoms with Crippen molar-refractivity contribution in [3.8, 4) is 16.9 Å². The molecule has 0 radical (unpaired) electrons. The Hall–Kier alpha value is -3.90. The van der Waals surface area contributed by atoms with E-state index in [1.165, 1.54) is 11.1 Å². The van der Waals surface area contributed by atoms with Crippen LogP contribution in [0.5, 0.6) is 5.75 Å². The van der Waals surface area contributed by atoms with Crippen LogP contribution in [0, 0.1) is 0 Å². The molecule has 184 valence electrons. The van der Waals surface area contributed by atoms with E-state index in [1.807, 2.05) is 55.4 Å². The molecule has 0 spiro atoms. The number of amides is 2. The normalized spacial score (nSPS) is 12.7. The molecule has 2 amide bonds. The number of anilines is 2. The molecule has 1 N–H and O–H groups in total. The van der Waals surface area contributed by atoms with Crippen molar-refractivity contribution in [1.29, 1.82) is 0 Å². The van der Waals surface area contributed by atoms with Crippen LogP contribution in [0.15, 0.2) is 73.1 Å². The molecule has 0 unspecified atom stereocenters. The first-order chi connectivity index (χ1) is 17.5. The van der Waals surface area contributed by atoms with E-state index in [-0.39, 0.29) is 6.03 Å². The fraction of sp³-hybridized carbons (Fsp3) is 0.267. The lowest BCUT2D eigenvalue weighted by Gasteiger charge is -2.21. The van der Waals surface area contributed by atoms with Crippen LogP contribution in [0.25, 0.3) is 21.9 Å². The van der Waals surface area contributed by atoms with Crippen LogP contribution in [0.2, 0.25) is 0 Å². The lowest BCUT2D eigenvalue weighted by Crippen LogP contribution is -2.33. The van der Waals surface area contributed by atoms with Crippen LogP contribution in [0.4, 0.5) is 16.2 Å². The van der Waals surface area contributed by atoms with E-state index in [0.29, 0.717) is 13.2 Å². The van der Waals surface area contributed by atoms with Gasteiger partial charge in [0.15, 0.2) is 0 Å². The molecular formula is C30H32N4O2. The molecule has 0 saturated carbocycles. The SMILES string of the molecule is CCc1cc2c(cc1OCCN(C)C)N(C(=O)Nc1ccc(-c3ccncc3)c3ccccc13)CC2. The molecular weight excluding hydrogens is 448 g/mol. The Bertz CT molecular complexity index is 1380. The summed E-state index contributed by atoms with van der Waals surface area (Å²) in [6.45, 7) is 4.24. The van der Waals surface area contributed by atoms with Crippen molar-refractivity contribution in [2.24, 2.45) is 0 Å². The fourth-order valence-electron chi connectivity index (χ4n) is 4.80. The van der Waals surface area contributed by atoms with Crippen LogP contribution >= 0.6 is 0 Å². The Morgan fingerprint density at radius 2 is 1.83 bits per heavy atom. The molecule has 0 aliphatic carbocycles. The van der Waals surface area contributed by atoms with Gasteiger partial charge < -0.3 is 15.0 Å². The molecule has 0 fully saturated rings. The quantitative estimate of drug-likeness (QED) is 0.353. The zero-order chi connectivity index (χ0) is 25.1. The number of aromatic nitrogens is 1. The molecule has 4 aromatic rings. The number of benzene rings is 3. The molecule has 1 aliphatic rings. The summed E-state index contributed by atoms with van der Waals surface area (Å²) in [6.07, 6.45) is 5.34. The number of pyridine rings is 1. The lowest BCUT2D eigenvalue weighted by molar-refractivity contribution is 0.257. The van der Waals surface area contributed by atoms with Crippen molar-refractivity contribution < 1.29 is 9.53 Å². The van der Waals surface area contributed by atoms with E-state index in [2.05, 4.69) is 46.4 Å². The van der Waals surface area contributed by atoms with E-state index in [4.69, 9.17) is 4.74 Å². The van der Waals surface area contributed by atoms with E-state index in [0.717, 1.165) is 58.4 Å². The summed E-state index contributed by atoms with van der Waals surface area (Å²) in [7, 11) is 4.07. The maximum absolute atomic E-state index is 13.5. The minimum absolute atomic E-state index is 0.126. The second-order valence-electron chi connectivity index (χ2n) is 9.37. The monoisotopic (exact) mass is 480 g/mol. The van der Waals surface area contributed by atoms with Crippen LogP contribution < -0.4 is 15.0 Å². The third-order valence-corrected chi connectivity index (χ3v) is 6.74. The van der Waals surface area contributed by atoms with Gasteiger partial charge in [-0.1, -0.05) is 37.3 Å². The van der Waals surface area contributed by atoms with Crippen molar-refractivity contribution in [2.45, 2.75) is 19.8 Å². The van der Waals surface area contributed by atoms with Crippen LogP contribution in [0.3, 0.4) is 0 Å². The van der Waals surface area contributed by atoms with Crippen LogP contribution in [0.1, 0.15) is 18.1 Å². The molecule has 36 heavy (non-hydrogen) atoms. The predicted molar refractivity (Wildman–Crippen MR) is 147 cm³/mol. The molecule has 5 rings (SSSR count). The highest BCUT2D eigenvalue weighted by Crippen LogP contribution is 2.37. The van der Waals surface area contributed by atoms with Crippen molar-refractivity contribution in [2.75, 3.05) is 44.0 Å². The maximum Gasteiger partial charge on any atom is 0.326 e. The summed E-state index contributed by atoms with van der Waals surface area (Å²) < 4.78 is 6.12. The van der Waals surface area contributed by atoms with Gasteiger partial charge in [0.1, 0.15) is 12.4 Å². The van der Waals surface area contributed by atoms with E-state index in [9.17, 15) is 4.79 Å². The number of nitrogens with one attached hydrogen (secondary N) is 1. The van der Waals surface area contributed by atoms with Crippen molar-refractivity contribution in [3.63, 3.8) is 0 Å². The third-order valence-electron chi connectivity index (χ3n) is 6.74. The zero-order valence-electron chi connectivity index (χ0n) is 21.1. The number of aryl methyl sites for hydroxylation is 1. The molecule has 2 heterocycles. The van der Waals surface area contributed by atoms with Gasteiger partial charge in [-0.2, -0.15) is 0 Å².